The summed E-state index contributed by atoms with van der Waals surface area (Å²) < 4.78 is 40.9. The zero-order valence-corrected chi connectivity index (χ0v) is 21.4. The Morgan fingerprint density at radius 2 is 2.00 bits per heavy atom. The summed E-state index contributed by atoms with van der Waals surface area (Å²) in [6.45, 7) is 4.54. The number of alkyl halides is 3. The van der Waals surface area contributed by atoms with Gasteiger partial charge in [0.05, 0.1) is 10.9 Å². The van der Waals surface area contributed by atoms with Crippen molar-refractivity contribution in [3.05, 3.63) is 76.7 Å². The van der Waals surface area contributed by atoms with E-state index in [1.807, 2.05) is 11.6 Å². The molecule has 3 N–H and O–H groups in total. The van der Waals surface area contributed by atoms with Crippen molar-refractivity contribution in [1.82, 2.24) is 24.6 Å². The van der Waals surface area contributed by atoms with Gasteiger partial charge in [-0.05, 0) is 74.7 Å². The van der Waals surface area contributed by atoms with Crippen LogP contribution in [0.5, 0.6) is 0 Å². The van der Waals surface area contributed by atoms with E-state index in [9.17, 15) is 18.0 Å². The molecule has 1 atom stereocenters. The number of nitrogens with zero attached hydrogens (tertiary/aromatic N) is 5. The Balaban J connectivity index is 1.42. The van der Waals surface area contributed by atoms with Gasteiger partial charge < -0.3 is 16.0 Å². The molecule has 0 aliphatic carbocycles. The van der Waals surface area contributed by atoms with Crippen LogP contribution in [0, 0.1) is 24.7 Å². The van der Waals surface area contributed by atoms with Crippen LogP contribution in [0.2, 0.25) is 0 Å². The van der Waals surface area contributed by atoms with Crippen LogP contribution in [0.3, 0.4) is 0 Å². The summed E-state index contributed by atoms with van der Waals surface area (Å²) in [7, 11) is 2.09. The van der Waals surface area contributed by atoms with Gasteiger partial charge in [0.25, 0.3) is 5.91 Å². The van der Waals surface area contributed by atoms with Gasteiger partial charge in [0.15, 0.2) is 5.65 Å². The molecule has 5 rings (SSSR count). The van der Waals surface area contributed by atoms with Gasteiger partial charge in [-0.3, -0.25) is 4.79 Å². The van der Waals surface area contributed by atoms with Gasteiger partial charge in [0.2, 0.25) is 0 Å². The highest BCUT2D eigenvalue weighted by atomic mass is 19.4. The molecule has 1 fully saturated rings. The van der Waals surface area contributed by atoms with Gasteiger partial charge in [-0.2, -0.15) is 18.3 Å². The predicted molar refractivity (Wildman–Crippen MR) is 142 cm³/mol. The maximum atomic E-state index is 13.0. The number of fused-ring (bicyclic) bond motifs is 1. The van der Waals surface area contributed by atoms with E-state index in [1.165, 1.54) is 18.5 Å². The summed E-state index contributed by atoms with van der Waals surface area (Å²) in [5.74, 6) is 6.31. The number of nitrogens with one attached hydrogen (secondary N) is 1. The highest BCUT2D eigenvalue weighted by Gasteiger charge is 2.30. The van der Waals surface area contributed by atoms with E-state index in [0.717, 1.165) is 37.2 Å². The van der Waals surface area contributed by atoms with E-state index in [2.05, 4.69) is 39.1 Å². The standard InChI is InChI=1S/C28H26F3N7O/c1-17-6-7-20(27(39)35-22-5-3-4-21(13-22)28(29,30)31)12-19(17)8-9-23-24-25(32)33-16-34-26(24)38(36-23)15-18-10-11-37(2)14-18/h3-7,12-13,16,18H,10-11,14-15H2,1-2H3,(H,35,39)(H2,32,33,34). The first-order valence-corrected chi connectivity index (χ1v) is 12.4. The lowest BCUT2D eigenvalue weighted by molar-refractivity contribution is -0.137. The average molecular weight is 534 g/mol. The predicted octanol–water partition coefficient (Wildman–Crippen LogP) is 4.34. The molecule has 4 aromatic rings. The number of anilines is 2. The van der Waals surface area contributed by atoms with E-state index in [4.69, 9.17) is 10.8 Å². The van der Waals surface area contributed by atoms with Crippen molar-refractivity contribution >= 4 is 28.4 Å². The van der Waals surface area contributed by atoms with E-state index in [-0.39, 0.29) is 17.1 Å². The van der Waals surface area contributed by atoms with Gasteiger partial charge in [-0.1, -0.05) is 18.1 Å². The molecule has 0 saturated carbocycles. The number of hydrogen-bond acceptors (Lipinski definition) is 6. The first kappa shape index (κ1) is 26.2. The summed E-state index contributed by atoms with van der Waals surface area (Å²) in [6.07, 6.45) is -2.04. The Labute approximate surface area is 223 Å². The van der Waals surface area contributed by atoms with Crippen LogP contribution in [0.4, 0.5) is 24.7 Å². The summed E-state index contributed by atoms with van der Waals surface area (Å²) in [5.41, 5.74) is 8.08. The van der Waals surface area contributed by atoms with Crippen molar-refractivity contribution in [1.29, 1.82) is 0 Å². The normalized spacial score (nSPS) is 15.8. The molecule has 2 aromatic heterocycles. The van der Waals surface area contributed by atoms with Crippen molar-refractivity contribution in [3.63, 3.8) is 0 Å². The second-order valence-electron chi connectivity index (χ2n) is 9.72. The Bertz CT molecular complexity index is 1620. The van der Waals surface area contributed by atoms with Crippen LogP contribution < -0.4 is 11.1 Å². The molecule has 1 unspecified atom stereocenters. The summed E-state index contributed by atoms with van der Waals surface area (Å²) in [4.78, 5) is 23.6. The molecule has 0 spiro atoms. The maximum Gasteiger partial charge on any atom is 0.416 e. The molecule has 1 aliphatic rings. The van der Waals surface area contributed by atoms with Crippen molar-refractivity contribution in [3.8, 4) is 11.8 Å². The minimum Gasteiger partial charge on any atom is -0.383 e. The third kappa shape index (κ3) is 5.71. The number of nitrogens with two attached hydrogens (primary N) is 1. The van der Waals surface area contributed by atoms with Crippen LogP contribution in [0.25, 0.3) is 11.0 Å². The number of hydrogen-bond donors (Lipinski definition) is 2. The lowest BCUT2D eigenvalue weighted by Crippen LogP contribution is -2.17. The number of amides is 1. The van der Waals surface area contributed by atoms with Crippen molar-refractivity contribution in [2.45, 2.75) is 26.1 Å². The highest BCUT2D eigenvalue weighted by Crippen LogP contribution is 2.31. The zero-order valence-electron chi connectivity index (χ0n) is 21.4. The van der Waals surface area contributed by atoms with Gasteiger partial charge in [0.1, 0.15) is 17.8 Å². The summed E-state index contributed by atoms with van der Waals surface area (Å²) >= 11 is 0. The monoisotopic (exact) mass is 533 g/mol. The number of carbonyl (C=O) groups excluding carboxylic acids is 1. The van der Waals surface area contributed by atoms with Crippen LogP contribution >= 0.6 is 0 Å². The van der Waals surface area contributed by atoms with Crippen LogP contribution in [-0.4, -0.2) is 50.7 Å². The Morgan fingerprint density at radius 3 is 2.74 bits per heavy atom. The number of likely N-dealkylation sites (tertiary alicyclic amines) is 1. The van der Waals surface area contributed by atoms with Crippen molar-refractivity contribution < 1.29 is 18.0 Å². The topological polar surface area (TPSA) is 102 Å². The van der Waals surface area contributed by atoms with Crippen LogP contribution in [0.1, 0.15) is 39.2 Å². The Kier molecular flexibility index (Phi) is 6.97. The molecule has 1 aliphatic heterocycles. The minimum atomic E-state index is -4.51. The molecule has 200 valence electrons. The number of halogens is 3. The lowest BCUT2D eigenvalue weighted by Gasteiger charge is -2.10. The molecule has 1 amide bonds. The third-order valence-electron chi connectivity index (χ3n) is 6.74. The highest BCUT2D eigenvalue weighted by molar-refractivity contribution is 6.04. The first-order valence-electron chi connectivity index (χ1n) is 12.4. The zero-order chi connectivity index (χ0) is 27.7. The fourth-order valence-electron chi connectivity index (χ4n) is 4.67. The average Bonchev–Trinajstić information content (AvgIpc) is 3.46. The first-order chi connectivity index (χ1) is 18.6. The molecule has 8 nitrogen and oxygen atoms in total. The molecule has 3 heterocycles. The molecule has 0 bridgehead atoms. The van der Waals surface area contributed by atoms with E-state index in [0.29, 0.717) is 34.8 Å². The number of carbonyl (C=O) groups is 1. The van der Waals surface area contributed by atoms with Gasteiger partial charge in [0, 0.05) is 29.9 Å². The fourth-order valence-corrected chi connectivity index (χ4v) is 4.67. The number of aromatic nitrogens is 4. The second-order valence-corrected chi connectivity index (χ2v) is 9.72. The quantitative estimate of drug-likeness (QED) is 0.379. The van der Waals surface area contributed by atoms with Crippen LogP contribution in [-0.2, 0) is 12.7 Å². The van der Waals surface area contributed by atoms with E-state index in [1.54, 1.807) is 18.2 Å². The number of nitrogen functional groups attached to an aromatic ring is 1. The fraction of sp³-hybridized carbons (Fsp3) is 0.286. The molecule has 39 heavy (non-hydrogen) atoms. The molecular weight excluding hydrogens is 507 g/mol. The Hall–Kier alpha value is -4.43. The van der Waals surface area contributed by atoms with E-state index < -0.39 is 17.6 Å². The number of benzene rings is 2. The largest absolute Gasteiger partial charge is 0.416 e. The summed E-state index contributed by atoms with van der Waals surface area (Å²) in [5, 5.41) is 7.80. The minimum absolute atomic E-state index is 0.0453. The van der Waals surface area contributed by atoms with Crippen LogP contribution in [0.15, 0.2) is 48.8 Å². The Morgan fingerprint density at radius 1 is 1.18 bits per heavy atom. The summed E-state index contributed by atoms with van der Waals surface area (Å²) in [6, 6.07) is 9.41. The molecule has 1 saturated heterocycles. The van der Waals surface area contributed by atoms with E-state index >= 15 is 0 Å². The SMILES string of the molecule is Cc1ccc(C(=O)Nc2cccc(C(F)(F)F)c2)cc1C#Cc1nn(CC2CCN(C)C2)c2ncnc(N)c12. The second kappa shape index (κ2) is 10.4. The number of rotatable bonds is 4. The smallest absolute Gasteiger partial charge is 0.383 e. The van der Waals surface area contributed by atoms with Crippen molar-refractivity contribution in [2.24, 2.45) is 5.92 Å². The molecule has 11 heteroatoms. The molecule has 0 radical (unpaired) electrons. The van der Waals surface area contributed by atoms with Gasteiger partial charge in [-0.25, -0.2) is 14.6 Å². The van der Waals surface area contributed by atoms with Crippen molar-refractivity contribution in [2.75, 3.05) is 31.2 Å². The third-order valence-corrected chi connectivity index (χ3v) is 6.74. The lowest BCUT2D eigenvalue weighted by atomic mass is 10.0. The van der Waals surface area contributed by atoms with Gasteiger partial charge in [-0.15, -0.1) is 0 Å². The molecule has 2 aromatic carbocycles. The van der Waals surface area contributed by atoms with Gasteiger partial charge >= 0.3 is 6.18 Å². The molecular formula is C28H26F3N7O. The number of aryl methyl sites for hydroxylation is 1. The maximum absolute atomic E-state index is 13.0.